The van der Waals surface area contributed by atoms with Crippen LogP contribution in [0.4, 0.5) is 0 Å². The minimum Gasteiger partial charge on any atom is -0.508 e. The Morgan fingerprint density at radius 1 is 0.409 bits per heavy atom. The van der Waals surface area contributed by atoms with Crippen LogP contribution in [0.25, 0.3) is 0 Å². The molecule has 0 saturated heterocycles. The number of hydrogen-bond donors (Lipinski definition) is 8. The Bertz CT molecular complexity index is 1460. The van der Waals surface area contributed by atoms with Gasteiger partial charge in [0.05, 0.1) is 19.8 Å². The number of rotatable bonds is 15. The van der Waals surface area contributed by atoms with Crippen molar-refractivity contribution in [3.8, 4) is 46.0 Å². The summed E-state index contributed by atoms with van der Waals surface area (Å²) >= 11 is 0. The maximum Gasteiger partial charge on any atom is 0.119 e. The van der Waals surface area contributed by atoms with Crippen molar-refractivity contribution in [3.05, 3.63) is 95.1 Å². The zero-order chi connectivity index (χ0) is 31.6. The van der Waals surface area contributed by atoms with E-state index in [1.54, 1.807) is 24.3 Å². The van der Waals surface area contributed by atoms with Crippen molar-refractivity contribution >= 4 is 0 Å². The minimum absolute atomic E-state index is 0.0558. The van der Waals surface area contributed by atoms with Crippen molar-refractivity contribution in [1.29, 1.82) is 0 Å². The molecule has 0 aliphatic rings. The molecular weight excluding hydrogens is 568 g/mol. The molecule has 4 aromatic rings. The predicted molar refractivity (Wildman–Crippen MR) is 162 cm³/mol. The standard InChI is InChI=1S/C34H38O10/c35-27-6-21(7-28(36)14-27)4-25(2-1-3-43-18-23-10-31(39)16-32(40)11-23)26(5-22-8-29(37)15-30(38)9-22)20-44-19-24-12-33(41)17-34(42)13-24/h6-17,25-26,35-42H,1-5,18-20H2/t25-,26+/m1/s1. The fourth-order valence-corrected chi connectivity index (χ4v) is 5.47. The molecule has 0 fully saturated rings. The van der Waals surface area contributed by atoms with Gasteiger partial charge in [0.15, 0.2) is 0 Å². The Labute approximate surface area is 255 Å². The van der Waals surface area contributed by atoms with Gasteiger partial charge >= 0.3 is 0 Å². The number of ether oxygens (including phenoxy) is 2. The van der Waals surface area contributed by atoms with Crippen molar-refractivity contribution in [2.45, 2.75) is 38.9 Å². The molecule has 0 saturated carbocycles. The molecule has 0 aliphatic carbocycles. The quantitative estimate of drug-likeness (QED) is 0.0798. The molecule has 10 nitrogen and oxygen atoms in total. The lowest BCUT2D eigenvalue weighted by molar-refractivity contribution is 0.0578. The summed E-state index contributed by atoms with van der Waals surface area (Å²) in [7, 11) is 0. The molecule has 0 spiro atoms. The second-order valence-electron chi connectivity index (χ2n) is 11.1. The summed E-state index contributed by atoms with van der Waals surface area (Å²) in [6.07, 6.45) is 2.16. The van der Waals surface area contributed by atoms with Crippen LogP contribution in [-0.4, -0.2) is 54.1 Å². The molecule has 2 atom stereocenters. The second kappa shape index (κ2) is 15.1. The van der Waals surface area contributed by atoms with Gasteiger partial charge in [0.1, 0.15) is 46.0 Å². The van der Waals surface area contributed by atoms with Gasteiger partial charge in [-0.25, -0.2) is 0 Å². The Balaban J connectivity index is 1.52. The molecule has 0 aliphatic heterocycles. The maximum atomic E-state index is 10.1. The number of hydrogen-bond acceptors (Lipinski definition) is 10. The first-order chi connectivity index (χ1) is 21.0. The molecule has 0 amide bonds. The van der Waals surface area contributed by atoms with Gasteiger partial charge < -0.3 is 50.3 Å². The van der Waals surface area contributed by atoms with Crippen molar-refractivity contribution < 1.29 is 50.3 Å². The minimum atomic E-state index is -0.172. The van der Waals surface area contributed by atoms with Crippen molar-refractivity contribution in [2.75, 3.05) is 13.2 Å². The Morgan fingerprint density at radius 2 is 0.750 bits per heavy atom. The zero-order valence-corrected chi connectivity index (χ0v) is 24.1. The summed E-state index contributed by atoms with van der Waals surface area (Å²) in [4.78, 5) is 0. The van der Waals surface area contributed by atoms with Crippen molar-refractivity contribution in [2.24, 2.45) is 11.8 Å². The van der Waals surface area contributed by atoms with Crippen LogP contribution in [0.2, 0.25) is 0 Å². The fraction of sp³-hybridized carbons (Fsp3) is 0.294. The van der Waals surface area contributed by atoms with Gasteiger partial charge in [-0.05, 0) is 108 Å². The highest BCUT2D eigenvalue weighted by molar-refractivity contribution is 5.39. The van der Waals surface area contributed by atoms with Crippen LogP contribution in [0, 0.1) is 11.8 Å². The summed E-state index contributed by atoms with van der Waals surface area (Å²) in [5, 5.41) is 79.6. The lowest BCUT2D eigenvalue weighted by Gasteiger charge is -2.28. The molecule has 4 aromatic carbocycles. The lowest BCUT2D eigenvalue weighted by Crippen LogP contribution is -2.25. The molecule has 0 aromatic heterocycles. The van der Waals surface area contributed by atoms with E-state index in [1.165, 1.54) is 48.5 Å². The molecule has 8 N–H and O–H groups in total. The highest BCUT2D eigenvalue weighted by Gasteiger charge is 2.24. The van der Waals surface area contributed by atoms with Crippen molar-refractivity contribution in [1.82, 2.24) is 0 Å². The van der Waals surface area contributed by atoms with Crippen LogP contribution >= 0.6 is 0 Å². The number of benzene rings is 4. The highest BCUT2D eigenvalue weighted by Crippen LogP contribution is 2.32. The topological polar surface area (TPSA) is 180 Å². The van der Waals surface area contributed by atoms with E-state index in [0.29, 0.717) is 54.5 Å². The summed E-state index contributed by atoms with van der Waals surface area (Å²) in [5.41, 5.74) is 2.61. The van der Waals surface area contributed by atoms with Crippen LogP contribution in [-0.2, 0) is 35.5 Å². The Kier molecular flexibility index (Phi) is 11.0. The van der Waals surface area contributed by atoms with E-state index in [2.05, 4.69) is 0 Å². The maximum absolute atomic E-state index is 10.1. The third-order valence-electron chi connectivity index (χ3n) is 7.24. The fourth-order valence-electron chi connectivity index (χ4n) is 5.47. The largest absolute Gasteiger partial charge is 0.508 e. The summed E-state index contributed by atoms with van der Waals surface area (Å²) in [6, 6.07) is 17.3. The van der Waals surface area contributed by atoms with E-state index >= 15 is 0 Å². The molecule has 234 valence electrons. The van der Waals surface area contributed by atoms with E-state index in [0.717, 1.165) is 0 Å². The van der Waals surface area contributed by atoms with Crippen molar-refractivity contribution in [3.63, 3.8) is 0 Å². The third kappa shape index (κ3) is 10.2. The van der Waals surface area contributed by atoms with E-state index in [1.807, 2.05) is 0 Å². The van der Waals surface area contributed by atoms with Gasteiger partial charge in [-0.1, -0.05) is 0 Å². The van der Waals surface area contributed by atoms with E-state index < -0.39 is 0 Å². The van der Waals surface area contributed by atoms with Gasteiger partial charge in [-0.2, -0.15) is 0 Å². The first-order valence-electron chi connectivity index (χ1n) is 14.3. The van der Waals surface area contributed by atoms with Gasteiger partial charge in [-0.3, -0.25) is 0 Å². The smallest absolute Gasteiger partial charge is 0.119 e. The van der Waals surface area contributed by atoms with Gasteiger partial charge in [0.2, 0.25) is 0 Å². The molecular formula is C34H38O10. The van der Waals surface area contributed by atoms with Gasteiger partial charge in [0.25, 0.3) is 0 Å². The average molecular weight is 607 g/mol. The van der Waals surface area contributed by atoms with E-state index in [4.69, 9.17) is 9.47 Å². The van der Waals surface area contributed by atoms with Gasteiger partial charge in [-0.15, -0.1) is 0 Å². The SMILES string of the molecule is Oc1cc(O)cc(COCCC[C@H](Cc2cc(O)cc(O)c2)[C@H](COCc2cc(O)cc(O)c2)Cc2cc(O)cc(O)c2)c1. The summed E-state index contributed by atoms with van der Waals surface area (Å²) in [6.45, 7) is 0.926. The first kappa shape index (κ1) is 32.1. The van der Waals surface area contributed by atoms with Crippen LogP contribution in [0.5, 0.6) is 46.0 Å². The number of aromatic hydroxyl groups is 8. The van der Waals surface area contributed by atoms with Crippen LogP contribution in [0.1, 0.15) is 35.1 Å². The molecule has 0 heterocycles. The van der Waals surface area contributed by atoms with E-state index in [-0.39, 0.29) is 77.7 Å². The average Bonchev–Trinajstić information content (AvgIpc) is 2.89. The molecule has 44 heavy (non-hydrogen) atoms. The van der Waals surface area contributed by atoms with Crippen LogP contribution in [0.3, 0.4) is 0 Å². The lowest BCUT2D eigenvalue weighted by atomic mass is 9.80. The van der Waals surface area contributed by atoms with E-state index in [9.17, 15) is 40.9 Å². The summed E-state index contributed by atoms with van der Waals surface area (Å²) < 4.78 is 11.9. The Hall–Kier alpha value is -4.80. The molecule has 0 bridgehead atoms. The summed E-state index contributed by atoms with van der Waals surface area (Å²) in [5.74, 6) is -0.806. The Morgan fingerprint density at radius 3 is 1.16 bits per heavy atom. The number of phenols is 8. The molecule has 4 rings (SSSR count). The van der Waals surface area contributed by atoms with Crippen LogP contribution in [0.15, 0.2) is 72.8 Å². The molecule has 0 unspecified atom stereocenters. The van der Waals surface area contributed by atoms with Gasteiger partial charge in [0, 0.05) is 30.9 Å². The zero-order valence-electron chi connectivity index (χ0n) is 24.1. The predicted octanol–water partition coefficient (Wildman–Crippen LogP) is 5.56. The second-order valence-corrected chi connectivity index (χ2v) is 11.1. The third-order valence-corrected chi connectivity index (χ3v) is 7.24. The normalized spacial score (nSPS) is 12.6. The number of phenolic OH excluding ortho intramolecular Hbond substituents is 8. The highest BCUT2D eigenvalue weighted by atomic mass is 16.5. The van der Waals surface area contributed by atoms with Crippen LogP contribution < -0.4 is 0 Å². The first-order valence-corrected chi connectivity index (χ1v) is 14.3. The molecule has 10 heteroatoms. The molecule has 0 radical (unpaired) electrons. The monoisotopic (exact) mass is 606 g/mol.